The minimum Gasteiger partial charge on any atom is -0.311 e. The summed E-state index contributed by atoms with van der Waals surface area (Å²) in [5, 5.41) is 7.39. The van der Waals surface area contributed by atoms with E-state index in [1.54, 1.807) is 16.9 Å². The van der Waals surface area contributed by atoms with Crippen molar-refractivity contribution < 1.29 is 13.2 Å². The SMILES string of the molecule is O=C(CCS(=O)(=O)c1ccc(Cl)cc1)Nc1ccnn1Cc1cccc(Br)c1. The summed E-state index contributed by atoms with van der Waals surface area (Å²) < 4.78 is 27.3. The number of nitrogens with one attached hydrogen (secondary N) is 1. The molecule has 0 saturated carbocycles. The molecule has 146 valence electrons. The van der Waals surface area contributed by atoms with Gasteiger partial charge in [-0.05, 0) is 42.0 Å². The summed E-state index contributed by atoms with van der Waals surface area (Å²) in [4.78, 5) is 12.4. The molecule has 0 spiro atoms. The summed E-state index contributed by atoms with van der Waals surface area (Å²) in [6, 6.07) is 15.3. The molecule has 0 unspecified atom stereocenters. The lowest BCUT2D eigenvalue weighted by Crippen LogP contribution is -2.19. The Hall–Kier alpha value is -2.16. The number of amides is 1. The zero-order chi connectivity index (χ0) is 20.1. The van der Waals surface area contributed by atoms with Crippen LogP contribution in [0.15, 0.2) is 70.2 Å². The van der Waals surface area contributed by atoms with Gasteiger partial charge in [-0.2, -0.15) is 5.10 Å². The molecule has 6 nitrogen and oxygen atoms in total. The third-order valence-corrected chi connectivity index (χ3v) is 6.45. The maximum absolute atomic E-state index is 12.3. The zero-order valence-electron chi connectivity index (χ0n) is 14.7. The predicted molar refractivity (Wildman–Crippen MR) is 112 cm³/mol. The first-order valence-corrected chi connectivity index (χ1v) is 11.2. The van der Waals surface area contributed by atoms with Gasteiger partial charge in [0.05, 0.1) is 23.4 Å². The molecule has 9 heteroatoms. The second-order valence-corrected chi connectivity index (χ2v) is 9.54. The number of sulfone groups is 1. The first-order chi connectivity index (χ1) is 13.3. The van der Waals surface area contributed by atoms with Crippen molar-refractivity contribution in [1.29, 1.82) is 0 Å². The van der Waals surface area contributed by atoms with Crippen molar-refractivity contribution in [3.05, 3.63) is 75.9 Å². The van der Waals surface area contributed by atoms with Crippen molar-refractivity contribution in [2.75, 3.05) is 11.1 Å². The highest BCUT2D eigenvalue weighted by Gasteiger charge is 2.17. The molecule has 2 aromatic carbocycles. The number of aromatic nitrogens is 2. The summed E-state index contributed by atoms with van der Waals surface area (Å²) in [5.74, 6) is -0.178. The van der Waals surface area contributed by atoms with Crippen molar-refractivity contribution >= 4 is 49.1 Å². The number of rotatable bonds is 7. The van der Waals surface area contributed by atoms with Crippen molar-refractivity contribution in [2.24, 2.45) is 0 Å². The van der Waals surface area contributed by atoms with Crippen LogP contribution in [-0.4, -0.2) is 29.9 Å². The van der Waals surface area contributed by atoms with Gasteiger partial charge in [0.1, 0.15) is 5.82 Å². The smallest absolute Gasteiger partial charge is 0.226 e. The molecule has 28 heavy (non-hydrogen) atoms. The van der Waals surface area contributed by atoms with Gasteiger partial charge in [0.15, 0.2) is 9.84 Å². The summed E-state index contributed by atoms with van der Waals surface area (Å²) in [5.41, 5.74) is 1.01. The fourth-order valence-corrected chi connectivity index (χ4v) is 4.38. The fraction of sp³-hybridized carbons (Fsp3) is 0.158. The van der Waals surface area contributed by atoms with Crippen molar-refractivity contribution in [1.82, 2.24) is 9.78 Å². The first kappa shape index (κ1) is 20.6. The number of carbonyl (C=O) groups is 1. The van der Waals surface area contributed by atoms with Gasteiger partial charge in [0, 0.05) is 22.0 Å². The summed E-state index contributed by atoms with van der Waals surface area (Å²) >= 11 is 9.20. The molecule has 0 radical (unpaired) electrons. The van der Waals surface area contributed by atoms with Crippen LogP contribution < -0.4 is 5.32 Å². The van der Waals surface area contributed by atoms with E-state index in [4.69, 9.17) is 11.6 Å². The van der Waals surface area contributed by atoms with E-state index in [9.17, 15) is 13.2 Å². The van der Waals surface area contributed by atoms with E-state index in [1.807, 2.05) is 24.3 Å². The van der Waals surface area contributed by atoms with Gasteiger partial charge in [-0.1, -0.05) is 39.7 Å². The third kappa shape index (κ3) is 5.43. The van der Waals surface area contributed by atoms with E-state index in [-0.39, 0.29) is 17.1 Å². The summed E-state index contributed by atoms with van der Waals surface area (Å²) in [6.07, 6.45) is 1.42. The number of anilines is 1. The van der Waals surface area contributed by atoms with Crippen LogP contribution in [0.2, 0.25) is 5.02 Å². The standard InChI is InChI=1S/C19H17BrClN3O3S/c20-15-3-1-2-14(12-15)13-24-18(8-10-22-24)23-19(25)9-11-28(26,27)17-6-4-16(21)5-7-17/h1-8,10,12H,9,11,13H2,(H,23,25). The maximum atomic E-state index is 12.3. The van der Waals surface area contributed by atoms with Gasteiger partial charge in [-0.25, -0.2) is 13.1 Å². The quantitative estimate of drug-likeness (QED) is 0.548. The molecule has 0 bridgehead atoms. The van der Waals surface area contributed by atoms with Crippen LogP contribution >= 0.6 is 27.5 Å². The van der Waals surface area contributed by atoms with Crippen LogP contribution in [0.5, 0.6) is 0 Å². The third-order valence-electron chi connectivity index (χ3n) is 3.98. The maximum Gasteiger partial charge on any atom is 0.226 e. The Balaban J connectivity index is 1.61. The van der Waals surface area contributed by atoms with Gasteiger partial charge in [0.2, 0.25) is 5.91 Å². The fourth-order valence-electron chi connectivity index (χ4n) is 2.57. The molecule has 3 aromatic rings. The van der Waals surface area contributed by atoms with Crippen molar-refractivity contribution in [3.63, 3.8) is 0 Å². The normalized spacial score (nSPS) is 11.4. The minimum atomic E-state index is -3.56. The van der Waals surface area contributed by atoms with Gasteiger partial charge in [-0.15, -0.1) is 0 Å². The van der Waals surface area contributed by atoms with Gasteiger partial charge >= 0.3 is 0 Å². The number of halogens is 2. The van der Waals surface area contributed by atoms with Crippen molar-refractivity contribution in [2.45, 2.75) is 17.9 Å². The van der Waals surface area contributed by atoms with E-state index in [0.29, 0.717) is 17.4 Å². The Morgan fingerprint density at radius 1 is 1.14 bits per heavy atom. The van der Waals surface area contributed by atoms with Crippen LogP contribution in [-0.2, 0) is 21.2 Å². The lowest BCUT2D eigenvalue weighted by molar-refractivity contribution is -0.115. The lowest BCUT2D eigenvalue weighted by atomic mass is 10.2. The van der Waals surface area contributed by atoms with E-state index in [1.165, 1.54) is 24.3 Å². The molecule has 1 N–H and O–H groups in total. The van der Waals surface area contributed by atoms with E-state index in [0.717, 1.165) is 10.0 Å². The Morgan fingerprint density at radius 2 is 1.89 bits per heavy atom. The van der Waals surface area contributed by atoms with E-state index < -0.39 is 15.7 Å². The molecule has 0 atom stereocenters. The highest BCUT2D eigenvalue weighted by atomic mass is 79.9. The predicted octanol–water partition coefficient (Wildman–Crippen LogP) is 4.15. The Bertz CT molecular complexity index is 1080. The average Bonchev–Trinajstić information content (AvgIpc) is 3.07. The largest absolute Gasteiger partial charge is 0.311 e. The topological polar surface area (TPSA) is 81.1 Å². The summed E-state index contributed by atoms with van der Waals surface area (Å²) in [6.45, 7) is 0.477. The Morgan fingerprint density at radius 3 is 2.61 bits per heavy atom. The number of nitrogens with zero attached hydrogens (tertiary/aromatic N) is 2. The van der Waals surface area contributed by atoms with Crippen LogP contribution in [0.4, 0.5) is 5.82 Å². The Labute approximate surface area is 176 Å². The van der Waals surface area contributed by atoms with Crippen LogP contribution in [0.1, 0.15) is 12.0 Å². The number of benzene rings is 2. The van der Waals surface area contributed by atoms with Gasteiger partial charge in [-0.3, -0.25) is 4.79 Å². The molecular formula is C19H17BrClN3O3S. The second-order valence-electron chi connectivity index (χ2n) is 6.07. The number of carbonyl (C=O) groups excluding carboxylic acids is 1. The van der Waals surface area contributed by atoms with Gasteiger partial charge in [0.25, 0.3) is 0 Å². The van der Waals surface area contributed by atoms with E-state index in [2.05, 4.69) is 26.3 Å². The lowest BCUT2D eigenvalue weighted by Gasteiger charge is -2.10. The molecule has 1 aromatic heterocycles. The highest BCUT2D eigenvalue weighted by molar-refractivity contribution is 9.10. The number of hydrogen-bond acceptors (Lipinski definition) is 4. The van der Waals surface area contributed by atoms with Crippen LogP contribution in [0.3, 0.4) is 0 Å². The van der Waals surface area contributed by atoms with Gasteiger partial charge < -0.3 is 5.32 Å². The molecule has 0 saturated heterocycles. The number of hydrogen-bond donors (Lipinski definition) is 1. The monoisotopic (exact) mass is 481 g/mol. The molecule has 1 amide bonds. The van der Waals surface area contributed by atoms with Crippen LogP contribution in [0.25, 0.3) is 0 Å². The molecule has 0 aliphatic carbocycles. The zero-order valence-corrected chi connectivity index (χ0v) is 17.8. The molecule has 3 rings (SSSR count). The molecule has 0 aliphatic rings. The summed E-state index contributed by atoms with van der Waals surface area (Å²) in [7, 11) is -3.56. The molecule has 1 heterocycles. The highest BCUT2D eigenvalue weighted by Crippen LogP contribution is 2.17. The molecular weight excluding hydrogens is 466 g/mol. The molecule has 0 fully saturated rings. The second kappa shape index (κ2) is 8.89. The molecule has 0 aliphatic heterocycles. The van der Waals surface area contributed by atoms with Crippen LogP contribution in [0, 0.1) is 0 Å². The van der Waals surface area contributed by atoms with E-state index >= 15 is 0 Å². The average molecular weight is 483 g/mol. The minimum absolute atomic E-state index is 0.143. The van der Waals surface area contributed by atoms with Crippen molar-refractivity contribution in [3.8, 4) is 0 Å². The Kier molecular flexibility index (Phi) is 6.53. The first-order valence-electron chi connectivity index (χ1n) is 8.38.